The Morgan fingerprint density at radius 3 is 3.10 bits per heavy atom. The first kappa shape index (κ1) is 5.96. The van der Waals surface area contributed by atoms with Crippen LogP contribution in [0.4, 0.5) is 0 Å². The van der Waals surface area contributed by atoms with E-state index in [-0.39, 0.29) is 0 Å². The van der Waals surface area contributed by atoms with Crippen LogP contribution in [0.3, 0.4) is 0 Å². The molecule has 0 unspecified atom stereocenters. The molecule has 1 saturated carbocycles. The van der Waals surface area contributed by atoms with Crippen molar-refractivity contribution >= 4 is 0 Å². The van der Waals surface area contributed by atoms with Gasteiger partial charge in [0.1, 0.15) is 0 Å². The largest absolute Gasteiger partial charge is 0.263 e. The molecule has 2 heteroatoms. The SMILES string of the molecule is [c]1ccnn1CCC1CC1. The van der Waals surface area contributed by atoms with E-state index in [0.717, 1.165) is 12.5 Å². The molecule has 0 saturated heterocycles. The lowest BCUT2D eigenvalue weighted by Crippen LogP contribution is -1.98. The second kappa shape index (κ2) is 2.45. The summed E-state index contributed by atoms with van der Waals surface area (Å²) in [5, 5.41) is 4.08. The zero-order valence-electron chi connectivity index (χ0n) is 5.95. The van der Waals surface area contributed by atoms with Crippen molar-refractivity contribution in [3.05, 3.63) is 18.5 Å². The molecule has 1 aromatic heterocycles. The van der Waals surface area contributed by atoms with Crippen LogP contribution >= 0.6 is 0 Å². The van der Waals surface area contributed by atoms with Crippen LogP contribution in [0.15, 0.2) is 12.3 Å². The number of aryl methyl sites for hydroxylation is 1. The third-order valence-electron chi connectivity index (χ3n) is 1.95. The molecular weight excluding hydrogens is 124 g/mol. The highest BCUT2D eigenvalue weighted by atomic mass is 15.3. The van der Waals surface area contributed by atoms with E-state index in [2.05, 4.69) is 11.3 Å². The van der Waals surface area contributed by atoms with Gasteiger partial charge in [0.2, 0.25) is 0 Å². The zero-order valence-corrected chi connectivity index (χ0v) is 5.95. The van der Waals surface area contributed by atoms with Crippen molar-refractivity contribution in [1.29, 1.82) is 0 Å². The third kappa shape index (κ3) is 1.38. The highest BCUT2D eigenvalue weighted by molar-refractivity contribution is 4.77. The molecule has 53 valence electrons. The van der Waals surface area contributed by atoms with Gasteiger partial charge in [-0.3, -0.25) is 4.68 Å². The van der Waals surface area contributed by atoms with E-state index in [0.29, 0.717) is 0 Å². The number of hydrogen-bond acceptors (Lipinski definition) is 1. The molecule has 0 spiro atoms. The number of aromatic nitrogens is 2. The summed E-state index contributed by atoms with van der Waals surface area (Å²) in [7, 11) is 0. The van der Waals surface area contributed by atoms with Crippen LogP contribution in [0, 0.1) is 12.1 Å². The fraction of sp³-hybridized carbons (Fsp3) is 0.625. The van der Waals surface area contributed by atoms with Crippen molar-refractivity contribution in [2.75, 3.05) is 0 Å². The molecule has 0 atom stereocenters. The van der Waals surface area contributed by atoms with Gasteiger partial charge in [-0.05, 0) is 18.4 Å². The quantitative estimate of drug-likeness (QED) is 0.614. The minimum atomic E-state index is 0.998. The standard InChI is InChI=1S/C8H11N2/c1-5-9-10(6-1)7-4-8-2-3-8/h1,5,8H,2-4,7H2. The smallest absolute Gasteiger partial charge is 0.0863 e. The van der Waals surface area contributed by atoms with Gasteiger partial charge in [0.05, 0.1) is 6.20 Å². The number of nitrogens with zero attached hydrogens (tertiary/aromatic N) is 2. The van der Waals surface area contributed by atoms with Gasteiger partial charge >= 0.3 is 0 Å². The molecule has 1 aliphatic rings. The second-order valence-corrected chi connectivity index (χ2v) is 2.92. The van der Waals surface area contributed by atoms with Gasteiger partial charge in [0.25, 0.3) is 0 Å². The maximum atomic E-state index is 4.08. The second-order valence-electron chi connectivity index (χ2n) is 2.92. The van der Waals surface area contributed by atoms with Gasteiger partial charge in [0, 0.05) is 12.7 Å². The van der Waals surface area contributed by atoms with Crippen molar-refractivity contribution < 1.29 is 0 Å². The van der Waals surface area contributed by atoms with E-state index >= 15 is 0 Å². The van der Waals surface area contributed by atoms with Crippen LogP contribution in [0.1, 0.15) is 19.3 Å². The van der Waals surface area contributed by atoms with E-state index in [1.807, 2.05) is 10.7 Å². The van der Waals surface area contributed by atoms with E-state index in [4.69, 9.17) is 0 Å². The van der Waals surface area contributed by atoms with Crippen LogP contribution in [-0.2, 0) is 6.54 Å². The summed E-state index contributed by atoms with van der Waals surface area (Å²) in [6.07, 6.45) is 8.96. The zero-order chi connectivity index (χ0) is 6.81. The highest BCUT2D eigenvalue weighted by Crippen LogP contribution is 2.32. The normalized spacial score (nSPS) is 17.6. The summed E-state index contributed by atoms with van der Waals surface area (Å²) in [5.74, 6) is 0.998. The van der Waals surface area contributed by atoms with Crippen LogP contribution in [0.2, 0.25) is 0 Å². The first-order valence-electron chi connectivity index (χ1n) is 3.84. The summed E-state index contributed by atoms with van der Waals surface area (Å²) >= 11 is 0. The van der Waals surface area contributed by atoms with Crippen LogP contribution in [0.5, 0.6) is 0 Å². The minimum absolute atomic E-state index is 0.998. The topological polar surface area (TPSA) is 17.8 Å². The van der Waals surface area contributed by atoms with Gasteiger partial charge in [-0.25, -0.2) is 0 Å². The van der Waals surface area contributed by atoms with Gasteiger partial charge in [-0.1, -0.05) is 12.8 Å². The van der Waals surface area contributed by atoms with Crippen molar-refractivity contribution in [2.45, 2.75) is 25.8 Å². The monoisotopic (exact) mass is 135 g/mol. The Hall–Kier alpha value is -0.790. The summed E-state index contributed by atoms with van der Waals surface area (Å²) in [6, 6.07) is 1.85. The molecule has 2 nitrogen and oxygen atoms in total. The van der Waals surface area contributed by atoms with Gasteiger partial charge in [-0.2, -0.15) is 5.10 Å². The average Bonchev–Trinajstić information content (AvgIpc) is 2.63. The molecule has 1 heterocycles. The van der Waals surface area contributed by atoms with Crippen molar-refractivity contribution in [1.82, 2.24) is 9.78 Å². The predicted octanol–water partition coefficient (Wildman–Crippen LogP) is 1.48. The molecule has 0 aliphatic heterocycles. The van der Waals surface area contributed by atoms with E-state index in [1.54, 1.807) is 6.20 Å². The summed E-state index contributed by atoms with van der Waals surface area (Å²) in [5.41, 5.74) is 0. The molecule has 1 fully saturated rings. The van der Waals surface area contributed by atoms with E-state index in [1.165, 1.54) is 19.3 Å². The van der Waals surface area contributed by atoms with Gasteiger partial charge in [-0.15, -0.1) is 0 Å². The number of hydrogen-bond donors (Lipinski definition) is 0. The molecule has 0 amide bonds. The van der Waals surface area contributed by atoms with Crippen LogP contribution < -0.4 is 0 Å². The third-order valence-corrected chi connectivity index (χ3v) is 1.95. The Morgan fingerprint density at radius 2 is 2.50 bits per heavy atom. The lowest BCUT2D eigenvalue weighted by atomic mass is 10.3. The fourth-order valence-corrected chi connectivity index (χ4v) is 1.10. The molecule has 0 N–H and O–H groups in total. The first-order chi connectivity index (χ1) is 4.95. The average molecular weight is 135 g/mol. The van der Waals surface area contributed by atoms with Gasteiger partial charge < -0.3 is 0 Å². The van der Waals surface area contributed by atoms with Crippen molar-refractivity contribution in [2.24, 2.45) is 5.92 Å². The molecule has 2 rings (SSSR count). The Bertz CT molecular complexity index is 187. The summed E-state index contributed by atoms with van der Waals surface area (Å²) in [4.78, 5) is 0. The Labute approximate surface area is 60.9 Å². The molecule has 0 bridgehead atoms. The maximum Gasteiger partial charge on any atom is 0.0863 e. The molecular formula is C8H11N2. The Kier molecular flexibility index (Phi) is 1.46. The Balaban J connectivity index is 1.79. The molecule has 0 aromatic carbocycles. The molecule has 10 heavy (non-hydrogen) atoms. The maximum absolute atomic E-state index is 4.08. The number of rotatable bonds is 3. The van der Waals surface area contributed by atoms with Crippen molar-refractivity contribution in [3.8, 4) is 0 Å². The summed E-state index contributed by atoms with van der Waals surface area (Å²) in [6.45, 7) is 1.05. The molecule has 1 radical (unpaired) electrons. The molecule has 1 aliphatic carbocycles. The lowest BCUT2D eigenvalue weighted by Gasteiger charge is -1.96. The predicted molar refractivity (Wildman–Crippen MR) is 38.4 cm³/mol. The van der Waals surface area contributed by atoms with E-state index in [9.17, 15) is 0 Å². The van der Waals surface area contributed by atoms with Crippen LogP contribution in [-0.4, -0.2) is 9.78 Å². The highest BCUT2D eigenvalue weighted by Gasteiger charge is 2.20. The van der Waals surface area contributed by atoms with E-state index < -0.39 is 0 Å². The fourth-order valence-electron chi connectivity index (χ4n) is 1.10. The molecule has 1 aromatic rings. The summed E-state index contributed by atoms with van der Waals surface area (Å²) < 4.78 is 1.89. The first-order valence-corrected chi connectivity index (χ1v) is 3.84. The minimum Gasteiger partial charge on any atom is -0.263 e. The van der Waals surface area contributed by atoms with Gasteiger partial charge in [0.15, 0.2) is 0 Å². The Morgan fingerprint density at radius 1 is 1.60 bits per heavy atom. The van der Waals surface area contributed by atoms with Crippen molar-refractivity contribution in [3.63, 3.8) is 0 Å². The lowest BCUT2D eigenvalue weighted by molar-refractivity contribution is 0.544. The van der Waals surface area contributed by atoms with Crippen LogP contribution in [0.25, 0.3) is 0 Å².